The molecule has 1 saturated carbocycles. The average molecular weight is 394 g/mol. The Balaban J connectivity index is 1.89. The molecule has 1 aromatic carbocycles. The van der Waals surface area contributed by atoms with Crippen molar-refractivity contribution in [3.05, 3.63) is 59.4 Å². The smallest absolute Gasteiger partial charge is 0.295 e. The molecule has 1 amide bonds. The molecule has 2 fully saturated rings. The average Bonchev–Trinajstić information content (AvgIpc) is 3.35. The number of Topliss-reactive ketones (excluding diaryl/α,β-unsaturated/α-hetero) is 1. The molecule has 2 heterocycles. The summed E-state index contributed by atoms with van der Waals surface area (Å²) in [4.78, 5) is 31.4. The summed E-state index contributed by atoms with van der Waals surface area (Å²) >= 11 is 0. The van der Waals surface area contributed by atoms with E-state index in [2.05, 4.69) is 4.98 Å². The van der Waals surface area contributed by atoms with Crippen molar-refractivity contribution in [1.82, 2.24) is 9.88 Å². The maximum absolute atomic E-state index is 13.0. The van der Waals surface area contributed by atoms with Crippen LogP contribution in [-0.2, 0) is 9.59 Å². The second kappa shape index (κ2) is 7.58. The molecule has 7 heteroatoms. The maximum atomic E-state index is 13.0. The Bertz CT molecular complexity index is 980. The summed E-state index contributed by atoms with van der Waals surface area (Å²) < 4.78 is 5.11. The van der Waals surface area contributed by atoms with Crippen LogP contribution in [0.2, 0.25) is 0 Å². The van der Waals surface area contributed by atoms with E-state index in [-0.39, 0.29) is 23.1 Å². The Labute approximate surface area is 168 Å². The van der Waals surface area contributed by atoms with Gasteiger partial charge in [-0.3, -0.25) is 14.6 Å². The highest BCUT2D eigenvalue weighted by atomic mass is 16.5. The Morgan fingerprint density at radius 1 is 1.14 bits per heavy atom. The van der Waals surface area contributed by atoms with Gasteiger partial charge in [0.25, 0.3) is 11.7 Å². The zero-order chi connectivity index (χ0) is 20.5. The third-order valence-corrected chi connectivity index (χ3v) is 5.67. The minimum atomic E-state index is -0.775. The van der Waals surface area contributed by atoms with E-state index >= 15 is 0 Å². The predicted molar refractivity (Wildman–Crippen MR) is 105 cm³/mol. The number of rotatable bonds is 4. The van der Waals surface area contributed by atoms with E-state index < -0.39 is 17.7 Å². The van der Waals surface area contributed by atoms with Gasteiger partial charge in [-0.05, 0) is 42.7 Å². The van der Waals surface area contributed by atoms with Crippen molar-refractivity contribution in [3.8, 4) is 11.5 Å². The van der Waals surface area contributed by atoms with Crippen LogP contribution in [0.5, 0.6) is 11.5 Å². The summed E-state index contributed by atoms with van der Waals surface area (Å²) in [6.45, 7) is 0. The number of ketones is 1. The van der Waals surface area contributed by atoms with E-state index in [0.29, 0.717) is 16.9 Å². The second-order valence-electron chi connectivity index (χ2n) is 7.31. The highest BCUT2D eigenvalue weighted by molar-refractivity contribution is 6.46. The van der Waals surface area contributed by atoms with Crippen LogP contribution in [0.1, 0.15) is 42.9 Å². The molecule has 7 nitrogen and oxygen atoms in total. The van der Waals surface area contributed by atoms with E-state index in [1.165, 1.54) is 25.6 Å². The molecule has 1 saturated heterocycles. The SMILES string of the molecule is COc1ccc(C2/C(=C(/O)c3ccncc3)C(=O)C(=O)N2C2CCCC2)cc1O. The van der Waals surface area contributed by atoms with Crippen LogP contribution >= 0.6 is 0 Å². The number of ether oxygens (including phenoxy) is 1. The van der Waals surface area contributed by atoms with Gasteiger partial charge in [-0.1, -0.05) is 18.9 Å². The molecule has 1 unspecified atom stereocenters. The molecule has 4 rings (SSSR count). The van der Waals surface area contributed by atoms with Crippen molar-refractivity contribution in [2.45, 2.75) is 37.8 Å². The van der Waals surface area contributed by atoms with Crippen LogP contribution in [0.15, 0.2) is 48.3 Å². The zero-order valence-electron chi connectivity index (χ0n) is 16.0. The number of hydrogen-bond acceptors (Lipinski definition) is 6. The number of likely N-dealkylation sites (tertiary alicyclic amines) is 1. The number of benzene rings is 1. The van der Waals surface area contributed by atoms with Crippen LogP contribution < -0.4 is 4.74 Å². The van der Waals surface area contributed by atoms with E-state index in [1.54, 1.807) is 29.2 Å². The molecule has 0 spiro atoms. The van der Waals surface area contributed by atoms with Gasteiger partial charge in [-0.25, -0.2) is 0 Å². The lowest BCUT2D eigenvalue weighted by molar-refractivity contribution is -0.141. The molecule has 2 aromatic rings. The fourth-order valence-electron chi connectivity index (χ4n) is 4.28. The van der Waals surface area contributed by atoms with Crippen LogP contribution in [0.3, 0.4) is 0 Å². The van der Waals surface area contributed by atoms with Gasteiger partial charge >= 0.3 is 0 Å². The topological polar surface area (TPSA) is 100.0 Å². The lowest BCUT2D eigenvalue weighted by atomic mass is 9.94. The number of pyridine rings is 1. The molecule has 0 bridgehead atoms. The molecule has 150 valence electrons. The lowest BCUT2D eigenvalue weighted by Gasteiger charge is -2.31. The van der Waals surface area contributed by atoms with Crippen molar-refractivity contribution in [1.29, 1.82) is 0 Å². The fourth-order valence-corrected chi connectivity index (χ4v) is 4.28. The van der Waals surface area contributed by atoms with Gasteiger partial charge in [-0.2, -0.15) is 0 Å². The predicted octanol–water partition coefficient (Wildman–Crippen LogP) is 3.16. The Morgan fingerprint density at radius 3 is 2.45 bits per heavy atom. The van der Waals surface area contributed by atoms with Crippen molar-refractivity contribution < 1.29 is 24.5 Å². The number of methoxy groups -OCH3 is 1. The molecular weight excluding hydrogens is 372 g/mol. The molecule has 0 radical (unpaired) electrons. The number of aliphatic hydroxyl groups excluding tert-OH is 1. The van der Waals surface area contributed by atoms with Gasteiger partial charge in [0, 0.05) is 24.0 Å². The van der Waals surface area contributed by atoms with Gasteiger partial charge in [0.15, 0.2) is 11.5 Å². The van der Waals surface area contributed by atoms with Crippen LogP contribution in [-0.4, -0.2) is 44.9 Å². The number of carbonyl (C=O) groups excluding carboxylic acids is 2. The maximum Gasteiger partial charge on any atom is 0.295 e. The molecule has 29 heavy (non-hydrogen) atoms. The summed E-state index contributed by atoms with van der Waals surface area (Å²) in [5, 5.41) is 21.2. The zero-order valence-corrected chi connectivity index (χ0v) is 16.0. The number of carbonyl (C=O) groups is 2. The minimum Gasteiger partial charge on any atom is -0.507 e. The monoisotopic (exact) mass is 394 g/mol. The lowest BCUT2D eigenvalue weighted by Crippen LogP contribution is -2.37. The summed E-state index contributed by atoms with van der Waals surface area (Å²) in [6, 6.07) is 7.09. The first-order valence-corrected chi connectivity index (χ1v) is 9.60. The molecular formula is C22H22N2O5. The number of hydrogen-bond donors (Lipinski definition) is 2. The number of aromatic hydroxyl groups is 1. The summed E-state index contributed by atoms with van der Waals surface area (Å²) in [6.07, 6.45) is 6.60. The summed E-state index contributed by atoms with van der Waals surface area (Å²) in [5.41, 5.74) is 0.981. The van der Waals surface area contributed by atoms with Crippen molar-refractivity contribution >= 4 is 17.4 Å². The quantitative estimate of drug-likeness (QED) is 0.469. The molecule has 2 aliphatic rings. The third kappa shape index (κ3) is 3.22. The van der Waals surface area contributed by atoms with Crippen molar-refractivity contribution in [2.24, 2.45) is 0 Å². The second-order valence-corrected chi connectivity index (χ2v) is 7.31. The van der Waals surface area contributed by atoms with Crippen molar-refractivity contribution in [3.63, 3.8) is 0 Å². The first-order valence-electron chi connectivity index (χ1n) is 9.60. The number of aromatic nitrogens is 1. The Hall–Kier alpha value is -3.35. The molecule has 1 atom stereocenters. The van der Waals surface area contributed by atoms with Crippen molar-refractivity contribution in [2.75, 3.05) is 7.11 Å². The molecule has 1 aliphatic carbocycles. The highest BCUT2D eigenvalue weighted by Crippen LogP contribution is 2.44. The standard InChI is InChI=1S/C22H22N2O5/c1-29-17-7-6-14(12-16(17)25)19-18(20(26)13-8-10-23-11-9-13)21(27)22(28)24(19)15-4-2-3-5-15/h6-12,15,19,25-26H,2-5H2,1H3/b20-18-. The Morgan fingerprint density at radius 2 is 1.83 bits per heavy atom. The number of phenolic OH excluding ortho intramolecular Hbond substituents is 1. The fraction of sp³-hybridized carbons (Fsp3) is 0.318. The largest absolute Gasteiger partial charge is 0.507 e. The van der Waals surface area contributed by atoms with E-state index in [1.807, 2.05) is 0 Å². The van der Waals surface area contributed by atoms with E-state index in [4.69, 9.17) is 4.74 Å². The van der Waals surface area contributed by atoms with Gasteiger partial charge in [0.05, 0.1) is 18.7 Å². The summed E-state index contributed by atoms with van der Waals surface area (Å²) in [7, 11) is 1.45. The molecule has 1 aliphatic heterocycles. The molecule has 1 aromatic heterocycles. The number of amides is 1. The Kier molecular flexibility index (Phi) is 4.96. The number of aliphatic hydroxyl groups is 1. The normalized spacial score (nSPS) is 21.7. The van der Waals surface area contributed by atoms with Gasteiger partial charge < -0.3 is 19.8 Å². The first kappa shape index (κ1) is 19.0. The minimum absolute atomic E-state index is 0.0256. The van der Waals surface area contributed by atoms with Gasteiger partial charge in [0.2, 0.25) is 0 Å². The van der Waals surface area contributed by atoms with E-state index in [0.717, 1.165) is 25.7 Å². The van der Waals surface area contributed by atoms with Crippen LogP contribution in [0.25, 0.3) is 5.76 Å². The number of nitrogens with zero attached hydrogens (tertiary/aromatic N) is 2. The van der Waals surface area contributed by atoms with Gasteiger partial charge in [-0.15, -0.1) is 0 Å². The summed E-state index contributed by atoms with van der Waals surface area (Å²) in [5.74, 6) is -1.38. The van der Waals surface area contributed by atoms with Crippen LogP contribution in [0, 0.1) is 0 Å². The van der Waals surface area contributed by atoms with Gasteiger partial charge in [0.1, 0.15) is 5.76 Å². The molecule has 2 N–H and O–H groups in total. The first-order chi connectivity index (χ1) is 14.0. The third-order valence-electron chi connectivity index (χ3n) is 5.67. The highest BCUT2D eigenvalue weighted by Gasteiger charge is 2.49. The van der Waals surface area contributed by atoms with E-state index in [9.17, 15) is 19.8 Å². The number of phenols is 1. The van der Waals surface area contributed by atoms with Crippen LogP contribution in [0.4, 0.5) is 0 Å².